The lowest BCUT2D eigenvalue weighted by atomic mass is 9.96. The Hall–Kier alpha value is -3.43. The van der Waals surface area contributed by atoms with Crippen LogP contribution in [0.2, 0.25) is 0 Å². The van der Waals surface area contributed by atoms with Crippen molar-refractivity contribution in [3.8, 4) is 0 Å². The van der Waals surface area contributed by atoms with Gasteiger partial charge in [-0.2, -0.15) is 0 Å². The van der Waals surface area contributed by atoms with Gasteiger partial charge in [-0.3, -0.25) is 24.1 Å². The molecule has 0 aromatic heterocycles. The van der Waals surface area contributed by atoms with E-state index in [9.17, 15) is 24.0 Å². The van der Waals surface area contributed by atoms with Gasteiger partial charge in [-0.05, 0) is 45.7 Å². The molecule has 182 valence electrons. The Morgan fingerprint density at radius 3 is 2.50 bits per heavy atom. The number of nitrogens with one attached hydrogen (secondary N) is 1. The molecule has 0 spiro atoms. The fourth-order valence-electron chi connectivity index (χ4n) is 4.63. The van der Waals surface area contributed by atoms with Gasteiger partial charge in [0, 0.05) is 31.5 Å². The van der Waals surface area contributed by atoms with Crippen LogP contribution < -0.4 is 10.2 Å². The number of ether oxygens (including phenoxy) is 1. The zero-order valence-corrected chi connectivity index (χ0v) is 19.9. The van der Waals surface area contributed by atoms with E-state index < -0.39 is 29.7 Å². The summed E-state index contributed by atoms with van der Waals surface area (Å²) < 4.78 is 5.42. The number of para-hydroxylation sites is 1. The minimum Gasteiger partial charge on any atom is -0.452 e. The molecule has 3 aliphatic rings. The van der Waals surface area contributed by atoms with E-state index in [-0.39, 0.29) is 43.1 Å². The second-order valence-electron chi connectivity index (χ2n) is 10.1. The third-order valence-electron chi connectivity index (χ3n) is 6.19. The third kappa shape index (κ3) is 4.12. The van der Waals surface area contributed by atoms with Gasteiger partial charge in [-0.25, -0.2) is 4.79 Å². The van der Waals surface area contributed by atoms with Gasteiger partial charge in [-0.1, -0.05) is 12.1 Å². The summed E-state index contributed by atoms with van der Waals surface area (Å²) in [6, 6.07) is 6.56. The van der Waals surface area contributed by atoms with E-state index in [1.807, 2.05) is 20.8 Å². The number of hydrogen-bond donors (Lipinski definition) is 1. The van der Waals surface area contributed by atoms with Crippen molar-refractivity contribution < 1.29 is 28.7 Å². The standard InChI is InChI=1S/C24H30N4O6/c1-23(2,3)25-18(29)13-26(4)20(31)14-34-22(33)24-12-11-19(30)28(24)17-8-6-5-7-16(17)21(32)27(24)15-9-10-15/h5-8,15H,9-14H2,1-4H3,(H,25,29). The van der Waals surface area contributed by atoms with E-state index >= 15 is 0 Å². The molecular weight excluding hydrogens is 440 g/mol. The minimum atomic E-state index is -1.61. The van der Waals surface area contributed by atoms with E-state index in [0.717, 1.165) is 12.8 Å². The van der Waals surface area contributed by atoms with Crippen molar-refractivity contribution in [2.75, 3.05) is 25.1 Å². The number of anilines is 1. The van der Waals surface area contributed by atoms with Crippen molar-refractivity contribution in [3.05, 3.63) is 29.8 Å². The van der Waals surface area contributed by atoms with Gasteiger partial charge in [0.15, 0.2) is 6.61 Å². The summed E-state index contributed by atoms with van der Waals surface area (Å²) >= 11 is 0. The summed E-state index contributed by atoms with van der Waals surface area (Å²) in [4.78, 5) is 68.6. The van der Waals surface area contributed by atoms with Crippen LogP contribution in [0.4, 0.5) is 5.69 Å². The molecule has 34 heavy (non-hydrogen) atoms. The SMILES string of the molecule is CN(CC(=O)NC(C)(C)C)C(=O)COC(=O)C12CCC(=O)N1c1ccccc1C(=O)N2C1CC1. The second-order valence-corrected chi connectivity index (χ2v) is 10.1. The normalized spacial score (nSPS) is 21.6. The first kappa shape index (κ1) is 23.7. The van der Waals surface area contributed by atoms with Crippen molar-refractivity contribution in [2.45, 2.75) is 63.7 Å². The van der Waals surface area contributed by atoms with Crippen LogP contribution in [0.3, 0.4) is 0 Å². The average molecular weight is 471 g/mol. The van der Waals surface area contributed by atoms with Crippen LogP contribution in [-0.2, 0) is 23.9 Å². The number of fused-ring (bicyclic) bond motifs is 3. The van der Waals surface area contributed by atoms with Crippen molar-refractivity contribution in [1.82, 2.24) is 15.1 Å². The molecule has 1 saturated heterocycles. The molecule has 2 fully saturated rings. The van der Waals surface area contributed by atoms with Crippen LogP contribution in [0, 0.1) is 0 Å². The number of likely N-dealkylation sites (N-methyl/N-ethyl adjacent to an activating group) is 1. The van der Waals surface area contributed by atoms with Crippen LogP contribution in [0.5, 0.6) is 0 Å². The van der Waals surface area contributed by atoms with Crippen molar-refractivity contribution in [3.63, 3.8) is 0 Å². The lowest BCUT2D eigenvalue weighted by molar-refractivity contribution is -0.162. The number of hydrogen-bond acceptors (Lipinski definition) is 6. The molecule has 1 saturated carbocycles. The molecule has 1 aliphatic carbocycles. The maximum absolute atomic E-state index is 13.5. The highest BCUT2D eigenvalue weighted by atomic mass is 16.5. The number of amides is 4. The summed E-state index contributed by atoms with van der Waals surface area (Å²) in [5, 5.41) is 2.77. The quantitative estimate of drug-likeness (QED) is 0.621. The topological polar surface area (TPSA) is 116 Å². The molecule has 4 amide bonds. The fraction of sp³-hybridized carbons (Fsp3) is 0.542. The average Bonchev–Trinajstić information content (AvgIpc) is 3.52. The van der Waals surface area contributed by atoms with Gasteiger partial charge in [-0.15, -0.1) is 0 Å². The number of carbonyl (C=O) groups is 5. The van der Waals surface area contributed by atoms with Gasteiger partial charge in [0.1, 0.15) is 0 Å². The summed E-state index contributed by atoms with van der Waals surface area (Å²) in [5.74, 6) is -2.30. The molecule has 1 N–H and O–H groups in total. The summed E-state index contributed by atoms with van der Waals surface area (Å²) in [5.41, 5.74) is -1.30. The highest BCUT2D eigenvalue weighted by Gasteiger charge is 2.64. The minimum absolute atomic E-state index is 0.0841. The van der Waals surface area contributed by atoms with E-state index in [4.69, 9.17) is 4.74 Å². The maximum atomic E-state index is 13.5. The molecule has 1 atom stereocenters. The molecule has 2 heterocycles. The number of carbonyl (C=O) groups excluding carboxylic acids is 5. The predicted octanol–water partition coefficient (Wildman–Crippen LogP) is 1.04. The lowest BCUT2D eigenvalue weighted by Gasteiger charge is -2.48. The van der Waals surface area contributed by atoms with Gasteiger partial charge < -0.3 is 19.9 Å². The molecule has 1 aromatic rings. The largest absolute Gasteiger partial charge is 0.452 e. The lowest BCUT2D eigenvalue weighted by Crippen LogP contribution is -2.69. The zero-order valence-electron chi connectivity index (χ0n) is 19.9. The smallest absolute Gasteiger partial charge is 0.354 e. The Bertz CT molecular complexity index is 1060. The fourth-order valence-corrected chi connectivity index (χ4v) is 4.63. The van der Waals surface area contributed by atoms with Crippen LogP contribution in [0.15, 0.2) is 24.3 Å². The monoisotopic (exact) mass is 470 g/mol. The Morgan fingerprint density at radius 2 is 1.85 bits per heavy atom. The molecule has 1 aromatic carbocycles. The number of rotatable bonds is 6. The number of nitrogens with zero attached hydrogens (tertiary/aromatic N) is 3. The molecule has 10 heteroatoms. The molecule has 0 radical (unpaired) electrons. The van der Waals surface area contributed by atoms with Crippen LogP contribution in [0.1, 0.15) is 56.8 Å². The van der Waals surface area contributed by atoms with E-state index in [0.29, 0.717) is 11.3 Å². The third-order valence-corrected chi connectivity index (χ3v) is 6.19. The highest BCUT2D eigenvalue weighted by Crippen LogP contribution is 2.49. The first-order valence-corrected chi connectivity index (χ1v) is 11.4. The Balaban J connectivity index is 1.53. The summed E-state index contributed by atoms with van der Waals surface area (Å²) in [6.07, 6.45) is 1.64. The molecule has 0 bridgehead atoms. The maximum Gasteiger partial charge on any atom is 0.354 e. The molecule has 10 nitrogen and oxygen atoms in total. The molecular formula is C24H30N4O6. The summed E-state index contributed by atoms with van der Waals surface area (Å²) in [7, 11) is 1.44. The van der Waals surface area contributed by atoms with Gasteiger partial charge >= 0.3 is 5.97 Å². The Morgan fingerprint density at radius 1 is 1.18 bits per heavy atom. The van der Waals surface area contributed by atoms with Crippen LogP contribution >= 0.6 is 0 Å². The first-order chi connectivity index (χ1) is 16.0. The molecule has 2 aliphatic heterocycles. The molecule has 4 rings (SSSR count). The summed E-state index contributed by atoms with van der Waals surface area (Å²) in [6.45, 7) is 4.70. The van der Waals surface area contributed by atoms with Crippen molar-refractivity contribution >= 4 is 35.3 Å². The van der Waals surface area contributed by atoms with Gasteiger partial charge in [0.05, 0.1) is 17.8 Å². The van der Waals surface area contributed by atoms with Crippen molar-refractivity contribution in [1.29, 1.82) is 0 Å². The van der Waals surface area contributed by atoms with E-state index in [1.165, 1.54) is 21.7 Å². The van der Waals surface area contributed by atoms with E-state index in [2.05, 4.69) is 5.32 Å². The van der Waals surface area contributed by atoms with Crippen LogP contribution in [0.25, 0.3) is 0 Å². The second kappa shape index (κ2) is 8.41. The predicted molar refractivity (Wildman–Crippen MR) is 122 cm³/mol. The van der Waals surface area contributed by atoms with Crippen molar-refractivity contribution in [2.24, 2.45) is 0 Å². The van der Waals surface area contributed by atoms with Gasteiger partial charge in [0.25, 0.3) is 11.8 Å². The van der Waals surface area contributed by atoms with Crippen LogP contribution in [-0.4, -0.2) is 76.8 Å². The molecule has 1 unspecified atom stereocenters. The highest BCUT2D eigenvalue weighted by molar-refractivity contribution is 6.15. The Kier molecular flexibility index (Phi) is 5.87. The van der Waals surface area contributed by atoms with E-state index in [1.54, 1.807) is 24.3 Å². The van der Waals surface area contributed by atoms with Gasteiger partial charge in [0.2, 0.25) is 17.5 Å². The Labute approximate surface area is 198 Å². The number of esters is 1. The zero-order chi connectivity index (χ0) is 24.8. The number of benzene rings is 1. The first-order valence-electron chi connectivity index (χ1n) is 11.4.